The molecule has 0 spiro atoms. The van der Waals surface area contributed by atoms with Gasteiger partial charge in [0, 0.05) is 7.05 Å². The molecule has 148 valence electrons. The van der Waals surface area contributed by atoms with Gasteiger partial charge in [-0.15, -0.1) is 0 Å². The van der Waals surface area contributed by atoms with Gasteiger partial charge in [0.15, 0.2) is 0 Å². The van der Waals surface area contributed by atoms with E-state index in [1.807, 2.05) is 18.5 Å². The number of nitrogens with zero attached hydrogens (tertiary/aromatic N) is 2. The topological polar surface area (TPSA) is 118 Å². The summed E-state index contributed by atoms with van der Waals surface area (Å²) in [6.45, 7) is 3.64. The molecule has 0 aliphatic carbocycles. The van der Waals surface area contributed by atoms with E-state index in [4.69, 9.17) is 5.11 Å². The summed E-state index contributed by atoms with van der Waals surface area (Å²) in [7, 11) is -11.3. The average molecular weight is 421 g/mol. The molecular weight excluding hydrogens is 408 g/mol. The first-order valence-electron chi connectivity index (χ1n) is 5.91. The summed E-state index contributed by atoms with van der Waals surface area (Å²) in [5, 5.41) is 9.16. The van der Waals surface area contributed by atoms with Crippen molar-refractivity contribution in [3.8, 4) is 0 Å². The van der Waals surface area contributed by atoms with Crippen LogP contribution in [0.5, 0.6) is 0 Å². The third-order valence-electron chi connectivity index (χ3n) is 2.51. The SMILES string of the molecule is Cc1ncc(C(C)O)n1C.O=S(=O)(NS(=O)(=O)C(F)(F)F)C(F)(F)F. The number of aliphatic hydroxyl groups excluding tert-OH is 1. The van der Waals surface area contributed by atoms with Crippen LogP contribution < -0.4 is 4.13 Å². The van der Waals surface area contributed by atoms with Gasteiger partial charge >= 0.3 is 31.1 Å². The molecule has 1 unspecified atom stereocenters. The molecule has 1 atom stereocenters. The number of aromatic nitrogens is 2. The number of imidazole rings is 1. The van der Waals surface area contributed by atoms with Crippen molar-refractivity contribution in [2.24, 2.45) is 7.05 Å². The number of hydrogen-bond acceptors (Lipinski definition) is 6. The first-order valence-corrected chi connectivity index (χ1v) is 8.87. The molecule has 0 aliphatic heterocycles. The number of alkyl halides is 6. The number of nitrogens with one attached hydrogen (secondary N) is 1. The number of halogens is 6. The van der Waals surface area contributed by atoms with E-state index in [0.29, 0.717) is 0 Å². The van der Waals surface area contributed by atoms with Gasteiger partial charge in [-0.2, -0.15) is 26.3 Å². The standard InChI is InChI=1S/C7H12N2O.C2HF6NO4S2/c1-5(10)7-4-8-6(2)9(7)3;3-1(4,5)14(10,11)9-15(12,13)2(6,7)8/h4-5,10H,1-3H3;9H. The first-order chi connectivity index (χ1) is 10.8. The molecule has 0 aliphatic rings. The van der Waals surface area contributed by atoms with Gasteiger partial charge < -0.3 is 9.67 Å². The maximum Gasteiger partial charge on any atom is 0.512 e. The Morgan fingerprint density at radius 2 is 1.44 bits per heavy atom. The van der Waals surface area contributed by atoms with E-state index in [9.17, 15) is 43.2 Å². The lowest BCUT2D eigenvalue weighted by Gasteiger charge is -2.11. The molecule has 16 heteroatoms. The van der Waals surface area contributed by atoms with Gasteiger partial charge in [-0.05, 0) is 13.8 Å². The molecule has 25 heavy (non-hydrogen) atoms. The number of aliphatic hydroxyl groups is 1. The maximum atomic E-state index is 11.5. The Morgan fingerprint density at radius 1 is 1.08 bits per heavy atom. The number of aryl methyl sites for hydroxylation is 1. The minimum atomic E-state index is -6.60. The van der Waals surface area contributed by atoms with Crippen LogP contribution in [0.2, 0.25) is 0 Å². The van der Waals surface area contributed by atoms with Crippen molar-refractivity contribution in [1.29, 1.82) is 0 Å². The summed E-state index contributed by atoms with van der Waals surface area (Å²) in [5.74, 6) is 0.927. The van der Waals surface area contributed by atoms with Crippen LogP contribution in [0.3, 0.4) is 0 Å². The van der Waals surface area contributed by atoms with Crippen LogP contribution in [0.1, 0.15) is 24.5 Å². The average Bonchev–Trinajstić information content (AvgIpc) is 2.66. The minimum absolute atomic E-state index is 0.425. The Balaban J connectivity index is 0.000000496. The minimum Gasteiger partial charge on any atom is -0.387 e. The fourth-order valence-electron chi connectivity index (χ4n) is 1.15. The van der Waals surface area contributed by atoms with E-state index in [1.54, 1.807) is 13.1 Å². The zero-order valence-electron chi connectivity index (χ0n) is 12.7. The van der Waals surface area contributed by atoms with Crippen LogP contribution >= 0.6 is 0 Å². The highest BCUT2D eigenvalue weighted by Crippen LogP contribution is 2.27. The van der Waals surface area contributed by atoms with Crippen LogP contribution in [-0.2, 0) is 27.1 Å². The summed E-state index contributed by atoms with van der Waals surface area (Å²) < 4.78 is 110. The monoisotopic (exact) mass is 421 g/mol. The molecule has 1 aromatic heterocycles. The molecule has 0 bridgehead atoms. The highest BCUT2D eigenvalue weighted by Gasteiger charge is 2.55. The Kier molecular flexibility index (Phi) is 7.05. The molecule has 1 heterocycles. The molecule has 0 radical (unpaired) electrons. The van der Waals surface area contributed by atoms with E-state index < -0.39 is 41.3 Å². The van der Waals surface area contributed by atoms with E-state index in [-0.39, 0.29) is 0 Å². The van der Waals surface area contributed by atoms with Crippen LogP contribution in [0.4, 0.5) is 26.3 Å². The molecule has 0 saturated heterocycles. The molecule has 8 nitrogen and oxygen atoms in total. The van der Waals surface area contributed by atoms with Gasteiger partial charge in [0.1, 0.15) is 5.82 Å². The highest BCUT2D eigenvalue weighted by atomic mass is 32.3. The van der Waals surface area contributed by atoms with E-state index in [2.05, 4.69) is 4.98 Å². The zero-order valence-corrected chi connectivity index (χ0v) is 14.3. The third kappa shape index (κ3) is 6.12. The van der Waals surface area contributed by atoms with Crippen molar-refractivity contribution in [1.82, 2.24) is 13.7 Å². The van der Waals surface area contributed by atoms with E-state index >= 15 is 0 Å². The molecular formula is C9H13F6N3O5S2. The quantitative estimate of drug-likeness (QED) is 0.705. The second kappa shape index (κ2) is 7.46. The lowest BCUT2D eigenvalue weighted by molar-refractivity contribution is -0.0476. The Hall–Kier alpha value is -1.39. The van der Waals surface area contributed by atoms with Gasteiger partial charge in [-0.3, -0.25) is 0 Å². The van der Waals surface area contributed by atoms with Crippen LogP contribution in [0.15, 0.2) is 6.20 Å². The van der Waals surface area contributed by atoms with Crippen LogP contribution in [-0.4, -0.2) is 42.5 Å². The predicted octanol–water partition coefficient (Wildman–Crippen LogP) is 1.06. The fourth-order valence-corrected chi connectivity index (χ4v) is 3.06. The molecule has 1 aromatic rings. The van der Waals surface area contributed by atoms with Gasteiger partial charge in [-0.25, -0.2) is 21.8 Å². The Morgan fingerprint density at radius 3 is 1.60 bits per heavy atom. The molecule has 0 amide bonds. The number of rotatable bonds is 3. The lowest BCUT2D eigenvalue weighted by Crippen LogP contribution is -2.45. The highest BCUT2D eigenvalue weighted by molar-refractivity contribution is 8.05. The summed E-state index contributed by atoms with van der Waals surface area (Å²) in [6, 6.07) is 0. The van der Waals surface area contributed by atoms with Crippen LogP contribution in [0.25, 0.3) is 0 Å². The number of sulfonamides is 2. The van der Waals surface area contributed by atoms with E-state index in [0.717, 1.165) is 11.5 Å². The molecule has 0 aromatic carbocycles. The summed E-state index contributed by atoms with van der Waals surface area (Å²) in [4.78, 5) is 4.04. The Bertz CT molecular complexity index is 753. The van der Waals surface area contributed by atoms with Gasteiger partial charge in [0.25, 0.3) is 0 Å². The van der Waals surface area contributed by atoms with Crippen molar-refractivity contribution in [3.05, 3.63) is 17.7 Å². The van der Waals surface area contributed by atoms with Crippen molar-refractivity contribution >= 4 is 20.0 Å². The van der Waals surface area contributed by atoms with Gasteiger partial charge in [0.05, 0.1) is 18.0 Å². The van der Waals surface area contributed by atoms with Crippen molar-refractivity contribution < 1.29 is 48.3 Å². The molecule has 2 N–H and O–H groups in total. The zero-order chi connectivity index (χ0) is 20.4. The summed E-state index contributed by atoms with van der Waals surface area (Å²) >= 11 is 0. The second-order valence-electron chi connectivity index (χ2n) is 4.45. The van der Waals surface area contributed by atoms with Crippen molar-refractivity contribution in [3.63, 3.8) is 0 Å². The molecule has 1 rings (SSSR count). The van der Waals surface area contributed by atoms with Crippen LogP contribution in [0, 0.1) is 6.92 Å². The van der Waals surface area contributed by atoms with Crippen molar-refractivity contribution in [2.75, 3.05) is 0 Å². The second-order valence-corrected chi connectivity index (χ2v) is 8.05. The summed E-state index contributed by atoms with van der Waals surface area (Å²) in [5.41, 5.74) is -11.4. The third-order valence-corrected chi connectivity index (χ3v) is 5.49. The fraction of sp³-hybridized carbons (Fsp3) is 0.667. The molecule has 0 saturated carbocycles. The Labute approximate surface area is 138 Å². The summed E-state index contributed by atoms with van der Waals surface area (Å²) in [6.07, 6.45) is 1.27. The van der Waals surface area contributed by atoms with E-state index in [1.165, 1.54) is 0 Å². The maximum absolute atomic E-state index is 11.5. The normalized spacial score (nSPS) is 14.6. The first kappa shape index (κ1) is 23.6. The molecule has 0 fully saturated rings. The largest absolute Gasteiger partial charge is 0.512 e. The van der Waals surface area contributed by atoms with Gasteiger partial charge in [0.2, 0.25) is 0 Å². The lowest BCUT2D eigenvalue weighted by atomic mass is 10.3. The van der Waals surface area contributed by atoms with Gasteiger partial charge in [-0.1, -0.05) is 4.13 Å². The number of hydrogen-bond donors (Lipinski definition) is 2. The predicted molar refractivity (Wildman–Crippen MR) is 71.7 cm³/mol. The van der Waals surface area contributed by atoms with Crippen molar-refractivity contribution in [2.45, 2.75) is 31.0 Å². The smallest absolute Gasteiger partial charge is 0.387 e.